The molecule has 5 nitrogen and oxygen atoms in total. The second kappa shape index (κ2) is 5.48. The van der Waals surface area contributed by atoms with E-state index < -0.39 is 0 Å². The summed E-state index contributed by atoms with van der Waals surface area (Å²) >= 11 is 0. The van der Waals surface area contributed by atoms with Gasteiger partial charge in [-0.05, 0) is 36.5 Å². The van der Waals surface area contributed by atoms with Crippen LogP contribution in [0.3, 0.4) is 0 Å². The second-order valence-electron chi connectivity index (χ2n) is 7.84. The predicted octanol–water partition coefficient (Wildman–Crippen LogP) is 3.70. The van der Waals surface area contributed by atoms with E-state index in [1.807, 2.05) is 54.0 Å². The highest BCUT2D eigenvalue weighted by Crippen LogP contribution is 2.31. The lowest BCUT2D eigenvalue weighted by Gasteiger charge is -2.29. The number of hydrogen-bond donors (Lipinski definition) is 0. The van der Waals surface area contributed by atoms with Gasteiger partial charge in [0.1, 0.15) is 5.58 Å². The first-order chi connectivity index (χ1) is 11.8. The van der Waals surface area contributed by atoms with E-state index in [0.29, 0.717) is 18.8 Å². The molecular formula is C20H23N3O2. The molecule has 0 saturated carbocycles. The third kappa shape index (κ3) is 2.73. The van der Waals surface area contributed by atoms with Gasteiger partial charge in [0.15, 0.2) is 5.76 Å². The van der Waals surface area contributed by atoms with Crippen molar-refractivity contribution >= 4 is 16.9 Å². The molecule has 0 spiro atoms. The van der Waals surface area contributed by atoms with Gasteiger partial charge in [0.2, 0.25) is 0 Å². The summed E-state index contributed by atoms with van der Waals surface area (Å²) in [4.78, 5) is 15.0. The zero-order valence-electron chi connectivity index (χ0n) is 15.2. The van der Waals surface area contributed by atoms with E-state index in [4.69, 9.17) is 4.42 Å². The fourth-order valence-corrected chi connectivity index (χ4v) is 3.77. The van der Waals surface area contributed by atoms with Crippen molar-refractivity contribution in [2.75, 3.05) is 6.54 Å². The van der Waals surface area contributed by atoms with Crippen LogP contribution in [-0.4, -0.2) is 27.1 Å². The van der Waals surface area contributed by atoms with Gasteiger partial charge in [0, 0.05) is 36.8 Å². The van der Waals surface area contributed by atoms with Crippen LogP contribution >= 0.6 is 0 Å². The van der Waals surface area contributed by atoms with Gasteiger partial charge in [-0.25, -0.2) is 0 Å². The zero-order chi connectivity index (χ0) is 17.8. The van der Waals surface area contributed by atoms with Crippen LogP contribution in [0.1, 0.15) is 41.2 Å². The van der Waals surface area contributed by atoms with Crippen LogP contribution in [0.2, 0.25) is 0 Å². The Balaban J connectivity index is 1.72. The van der Waals surface area contributed by atoms with Gasteiger partial charge in [-0.3, -0.25) is 9.48 Å². The molecule has 4 rings (SSSR count). The molecule has 0 unspecified atom stereocenters. The van der Waals surface area contributed by atoms with Crippen molar-refractivity contribution in [3.05, 3.63) is 53.0 Å². The van der Waals surface area contributed by atoms with E-state index in [9.17, 15) is 4.79 Å². The number of fused-ring (bicyclic) bond motifs is 2. The number of furan rings is 1. The quantitative estimate of drug-likeness (QED) is 0.680. The lowest BCUT2D eigenvalue weighted by molar-refractivity contribution is 0.0650. The molecule has 1 amide bonds. The summed E-state index contributed by atoms with van der Waals surface area (Å²) in [7, 11) is 1.97. The van der Waals surface area contributed by atoms with Crippen molar-refractivity contribution in [1.82, 2.24) is 14.7 Å². The third-order valence-corrected chi connectivity index (χ3v) is 5.05. The number of carbonyl (C=O) groups excluding carboxylic acids is 1. The molecule has 0 N–H and O–H groups in total. The molecule has 0 aliphatic carbocycles. The molecule has 3 heterocycles. The summed E-state index contributed by atoms with van der Waals surface area (Å²) in [6.07, 6.45) is 2.78. The summed E-state index contributed by atoms with van der Waals surface area (Å²) in [6, 6.07) is 7.76. The maximum absolute atomic E-state index is 13.1. The fraction of sp³-hybridized carbons (Fsp3) is 0.400. The molecule has 130 valence electrons. The predicted molar refractivity (Wildman–Crippen MR) is 96.4 cm³/mol. The Morgan fingerprint density at radius 3 is 2.88 bits per heavy atom. The first-order valence-electron chi connectivity index (χ1n) is 8.62. The Hall–Kier alpha value is -2.56. The van der Waals surface area contributed by atoms with E-state index >= 15 is 0 Å². The molecule has 0 bridgehead atoms. The van der Waals surface area contributed by atoms with E-state index in [1.54, 1.807) is 0 Å². The van der Waals surface area contributed by atoms with E-state index in [1.165, 1.54) is 5.69 Å². The average molecular weight is 337 g/mol. The van der Waals surface area contributed by atoms with Crippen LogP contribution in [0.15, 0.2) is 34.9 Å². The summed E-state index contributed by atoms with van der Waals surface area (Å²) in [5.74, 6) is 0.354. The minimum atomic E-state index is -0.0552. The summed E-state index contributed by atoms with van der Waals surface area (Å²) in [5.41, 5.74) is 4.19. The van der Waals surface area contributed by atoms with Gasteiger partial charge in [-0.15, -0.1) is 0 Å². The third-order valence-electron chi connectivity index (χ3n) is 5.05. The normalized spacial score (nSPS) is 16.7. The van der Waals surface area contributed by atoms with Crippen molar-refractivity contribution in [2.24, 2.45) is 12.5 Å². The van der Waals surface area contributed by atoms with Crippen LogP contribution < -0.4 is 0 Å². The first-order valence-corrected chi connectivity index (χ1v) is 8.62. The fourth-order valence-electron chi connectivity index (χ4n) is 3.77. The van der Waals surface area contributed by atoms with Crippen LogP contribution in [-0.2, 0) is 20.0 Å². The summed E-state index contributed by atoms with van der Waals surface area (Å²) in [6.45, 7) is 7.68. The van der Waals surface area contributed by atoms with Crippen molar-refractivity contribution in [1.29, 1.82) is 0 Å². The van der Waals surface area contributed by atoms with Crippen LogP contribution in [0.4, 0.5) is 0 Å². The second-order valence-corrected chi connectivity index (χ2v) is 7.84. The highest BCUT2D eigenvalue weighted by atomic mass is 16.3. The minimum absolute atomic E-state index is 0.0172. The molecule has 0 fully saturated rings. The van der Waals surface area contributed by atoms with Gasteiger partial charge < -0.3 is 9.32 Å². The molecule has 0 atom stereocenters. The molecule has 2 aromatic heterocycles. The van der Waals surface area contributed by atoms with Crippen molar-refractivity contribution in [3.8, 4) is 0 Å². The van der Waals surface area contributed by atoms with E-state index in [-0.39, 0.29) is 11.3 Å². The summed E-state index contributed by atoms with van der Waals surface area (Å²) < 4.78 is 7.78. The average Bonchev–Trinajstić information content (AvgIpc) is 3.09. The van der Waals surface area contributed by atoms with Gasteiger partial charge in [0.05, 0.1) is 6.20 Å². The number of rotatable bonds is 1. The Morgan fingerprint density at radius 1 is 1.32 bits per heavy atom. The highest BCUT2D eigenvalue weighted by Gasteiger charge is 2.33. The Bertz CT molecular complexity index is 965. The number of aromatic nitrogens is 2. The van der Waals surface area contributed by atoms with Crippen molar-refractivity contribution in [2.45, 2.75) is 33.7 Å². The SMILES string of the molecule is Cc1cccc2oc(C(=O)N3Cc4cnn(C)c4CC(C)(C)C3)cc12. The lowest BCUT2D eigenvalue weighted by Crippen LogP contribution is -2.37. The largest absolute Gasteiger partial charge is 0.451 e. The maximum atomic E-state index is 13.1. The molecule has 0 saturated heterocycles. The highest BCUT2D eigenvalue weighted by molar-refractivity contribution is 5.96. The first kappa shape index (κ1) is 15.9. The van der Waals surface area contributed by atoms with Crippen LogP contribution in [0, 0.1) is 12.3 Å². The number of amides is 1. The van der Waals surface area contributed by atoms with Crippen molar-refractivity contribution in [3.63, 3.8) is 0 Å². The van der Waals surface area contributed by atoms with Crippen LogP contribution in [0.25, 0.3) is 11.0 Å². The minimum Gasteiger partial charge on any atom is -0.451 e. The molecule has 3 aromatic rings. The van der Waals surface area contributed by atoms with Crippen LogP contribution in [0.5, 0.6) is 0 Å². The monoisotopic (exact) mass is 337 g/mol. The molecular weight excluding hydrogens is 314 g/mol. The smallest absolute Gasteiger partial charge is 0.289 e. The number of hydrogen-bond acceptors (Lipinski definition) is 3. The Labute approximate surface area is 147 Å². The van der Waals surface area contributed by atoms with Crippen molar-refractivity contribution < 1.29 is 9.21 Å². The molecule has 1 aromatic carbocycles. The number of nitrogens with zero attached hydrogens (tertiary/aromatic N) is 3. The number of carbonyl (C=O) groups is 1. The molecule has 0 radical (unpaired) electrons. The molecule has 25 heavy (non-hydrogen) atoms. The topological polar surface area (TPSA) is 51.3 Å². The molecule has 5 heteroatoms. The zero-order valence-corrected chi connectivity index (χ0v) is 15.2. The van der Waals surface area contributed by atoms with E-state index in [2.05, 4.69) is 18.9 Å². The lowest BCUT2D eigenvalue weighted by atomic mass is 9.87. The number of benzene rings is 1. The Kier molecular flexibility index (Phi) is 3.49. The number of aryl methyl sites for hydroxylation is 2. The van der Waals surface area contributed by atoms with Gasteiger partial charge in [0.25, 0.3) is 5.91 Å². The van der Waals surface area contributed by atoms with Gasteiger partial charge in [-0.2, -0.15) is 5.10 Å². The summed E-state index contributed by atoms with van der Waals surface area (Å²) in [5, 5.41) is 5.38. The maximum Gasteiger partial charge on any atom is 0.289 e. The standard InChI is InChI=1S/C20H23N3O2/c1-13-6-5-7-17-15(13)8-18(25-17)19(24)23-11-14-10-21-22(4)16(14)9-20(2,3)12-23/h5-8,10H,9,11-12H2,1-4H3. The Morgan fingerprint density at radius 2 is 2.12 bits per heavy atom. The van der Waals surface area contributed by atoms with Gasteiger partial charge in [-0.1, -0.05) is 26.0 Å². The molecule has 1 aliphatic heterocycles. The van der Waals surface area contributed by atoms with Gasteiger partial charge >= 0.3 is 0 Å². The molecule has 1 aliphatic rings. The van der Waals surface area contributed by atoms with E-state index in [0.717, 1.165) is 28.5 Å².